The van der Waals surface area contributed by atoms with Crippen LogP contribution in [0.25, 0.3) is 0 Å². The van der Waals surface area contributed by atoms with Crippen LogP contribution in [-0.4, -0.2) is 41.9 Å². The summed E-state index contributed by atoms with van der Waals surface area (Å²) >= 11 is 3.61. The van der Waals surface area contributed by atoms with Crippen LogP contribution in [0.1, 0.15) is 31.2 Å². The van der Waals surface area contributed by atoms with Crippen molar-refractivity contribution in [3.05, 3.63) is 34.3 Å². The summed E-state index contributed by atoms with van der Waals surface area (Å²) in [4.78, 5) is 17.1. The van der Waals surface area contributed by atoms with Gasteiger partial charge in [-0.3, -0.25) is 9.69 Å². The highest BCUT2D eigenvalue weighted by molar-refractivity contribution is 9.10. The van der Waals surface area contributed by atoms with Gasteiger partial charge < -0.3 is 4.90 Å². The highest BCUT2D eigenvalue weighted by atomic mass is 79.9. The number of hydrogen-bond donors (Lipinski definition) is 0. The fraction of sp³-hybridized carbons (Fsp3) is 0.588. The molecule has 1 unspecified atom stereocenters. The second kappa shape index (κ2) is 6.93. The van der Waals surface area contributed by atoms with E-state index in [1.807, 2.05) is 6.07 Å². The highest BCUT2D eigenvalue weighted by Gasteiger charge is 2.31. The van der Waals surface area contributed by atoms with E-state index in [0.717, 1.165) is 43.6 Å². The second-order valence-electron chi connectivity index (χ2n) is 6.20. The Kier molecular flexibility index (Phi) is 4.96. The molecule has 0 spiro atoms. The van der Waals surface area contributed by atoms with Crippen molar-refractivity contribution in [1.29, 1.82) is 0 Å². The van der Waals surface area contributed by atoms with Crippen molar-refractivity contribution in [3.8, 4) is 0 Å². The third-order valence-electron chi connectivity index (χ3n) is 4.64. The average Bonchev–Trinajstić information content (AvgIpc) is 2.98. The Bertz CT molecular complexity index is 499. The van der Waals surface area contributed by atoms with Crippen molar-refractivity contribution < 1.29 is 4.79 Å². The van der Waals surface area contributed by atoms with Crippen LogP contribution in [0.3, 0.4) is 0 Å². The summed E-state index contributed by atoms with van der Waals surface area (Å²) in [5, 5.41) is 0. The molecule has 1 aromatic carbocycles. The first-order chi connectivity index (χ1) is 10.2. The van der Waals surface area contributed by atoms with Crippen molar-refractivity contribution in [2.75, 3.05) is 26.2 Å². The van der Waals surface area contributed by atoms with Crippen LogP contribution in [0, 0.1) is 5.92 Å². The molecular formula is C17H23BrN2O. The molecule has 3 nitrogen and oxygen atoms in total. The van der Waals surface area contributed by atoms with E-state index in [4.69, 9.17) is 0 Å². The molecule has 0 saturated carbocycles. The van der Waals surface area contributed by atoms with E-state index >= 15 is 0 Å². The Hall–Kier alpha value is -0.870. The maximum absolute atomic E-state index is 12.6. The fourth-order valence-corrected chi connectivity index (χ4v) is 3.83. The first-order valence-electron chi connectivity index (χ1n) is 7.98. The minimum Gasteiger partial charge on any atom is -0.342 e. The van der Waals surface area contributed by atoms with E-state index in [1.54, 1.807) is 0 Å². The number of carbonyl (C=O) groups excluding carboxylic acids is 1. The first-order valence-corrected chi connectivity index (χ1v) is 8.78. The lowest BCUT2D eigenvalue weighted by Crippen LogP contribution is -2.40. The van der Waals surface area contributed by atoms with Crippen LogP contribution in [0.4, 0.5) is 0 Å². The summed E-state index contributed by atoms with van der Waals surface area (Å²) in [5.41, 5.74) is 1.31. The van der Waals surface area contributed by atoms with Gasteiger partial charge in [-0.25, -0.2) is 0 Å². The molecule has 1 amide bonds. The average molecular weight is 351 g/mol. The lowest BCUT2D eigenvalue weighted by atomic mass is 10.0. The number of rotatable bonds is 3. The predicted octanol–water partition coefficient (Wildman–Crippen LogP) is 3.28. The normalized spacial score (nSPS) is 23.5. The van der Waals surface area contributed by atoms with Crippen molar-refractivity contribution >= 4 is 21.8 Å². The molecule has 1 atom stereocenters. The Morgan fingerprint density at radius 2 is 1.90 bits per heavy atom. The summed E-state index contributed by atoms with van der Waals surface area (Å²) in [6.45, 7) is 4.83. The minimum atomic E-state index is 0.214. The number of nitrogens with zero attached hydrogens (tertiary/aromatic N) is 2. The van der Waals surface area contributed by atoms with Gasteiger partial charge in [-0.1, -0.05) is 34.1 Å². The molecule has 0 bridgehead atoms. The number of likely N-dealkylation sites (tertiary alicyclic amines) is 2. The smallest absolute Gasteiger partial charge is 0.227 e. The third kappa shape index (κ3) is 3.67. The fourth-order valence-electron chi connectivity index (χ4n) is 3.42. The van der Waals surface area contributed by atoms with E-state index in [1.165, 1.54) is 24.8 Å². The number of benzene rings is 1. The molecule has 0 aliphatic carbocycles. The zero-order valence-corrected chi connectivity index (χ0v) is 14.0. The van der Waals surface area contributed by atoms with Gasteiger partial charge >= 0.3 is 0 Å². The maximum Gasteiger partial charge on any atom is 0.227 e. The molecule has 2 aliphatic heterocycles. The van der Waals surface area contributed by atoms with Crippen LogP contribution in [0.2, 0.25) is 0 Å². The summed E-state index contributed by atoms with van der Waals surface area (Å²) < 4.78 is 1.16. The van der Waals surface area contributed by atoms with Crippen LogP contribution in [-0.2, 0) is 11.3 Å². The second-order valence-corrected chi connectivity index (χ2v) is 7.05. The quantitative estimate of drug-likeness (QED) is 0.834. The van der Waals surface area contributed by atoms with Crippen molar-refractivity contribution in [1.82, 2.24) is 9.80 Å². The topological polar surface area (TPSA) is 23.6 Å². The molecular weight excluding hydrogens is 328 g/mol. The Morgan fingerprint density at radius 1 is 1.14 bits per heavy atom. The molecule has 21 heavy (non-hydrogen) atoms. The summed E-state index contributed by atoms with van der Waals surface area (Å²) in [6, 6.07) is 8.36. The number of hydrogen-bond acceptors (Lipinski definition) is 2. The lowest BCUT2D eigenvalue weighted by molar-refractivity contribution is -0.136. The van der Waals surface area contributed by atoms with E-state index < -0.39 is 0 Å². The predicted molar refractivity (Wildman–Crippen MR) is 88.0 cm³/mol. The van der Waals surface area contributed by atoms with Crippen LogP contribution >= 0.6 is 15.9 Å². The maximum atomic E-state index is 12.6. The van der Waals surface area contributed by atoms with E-state index in [9.17, 15) is 4.79 Å². The standard InChI is InChI=1S/C17H23BrN2O/c18-16-7-3-2-6-14(16)12-19-11-8-15(13-19)17(21)20-9-4-1-5-10-20/h2-3,6-7,15H,1,4-5,8-13H2. The Labute approximate surface area is 135 Å². The monoisotopic (exact) mass is 350 g/mol. The molecule has 3 rings (SSSR count). The number of piperidine rings is 1. The summed E-state index contributed by atoms with van der Waals surface area (Å²) in [5.74, 6) is 0.606. The van der Waals surface area contributed by atoms with Gasteiger partial charge in [0.1, 0.15) is 0 Å². The van der Waals surface area contributed by atoms with Gasteiger partial charge in [0.2, 0.25) is 5.91 Å². The van der Waals surface area contributed by atoms with Gasteiger partial charge in [-0.05, 0) is 43.9 Å². The van der Waals surface area contributed by atoms with Crippen LogP contribution in [0.15, 0.2) is 28.7 Å². The molecule has 2 fully saturated rings. The summed E-state index contributed by atoms with van der Waals surface area (Å²) in [6.07, 6.45) is 4.65. The zero-order valence-electron chi connectivity index (χ0n) is 12.4. The molecule has 0 radical (unpaired) electrons. The van der Waals surface area contributed by atoms with Gasteiger partial charge in [0.25, 0.3) is 0 Å². The Morgan fingerprint density at radius 3 is 2.67 bits per heavy atom. The lowest BCUT2D eigenvalue weighted by Gasteiger charge is -2.29. The number of halogens is 1. The van der Waals surface area contributed by atoms with Crippen molar-refractivity contribution in [2.24, 2.45) is 5.92 Å². The number of carbonyl (C=O) groups is 1. The third-order valence-corrected chi connectivity index (χ3v) is 5.41. The van der Waals surface area contributed by atoms with Gasteiger partial charge in [0.15, 0.2) is 0 Å². The van der Waals surface area contributed by atoms with Gasteiger partial charge in [-0.15, -0.1) is 0 Å². The minimum absolute atomic E-state index is 0.214. The van der Waals surface area contributed by atoms with Gasteiger partial charge in [0.05, 0.1) is 5.92 Å². The number of amides is 1. The van der Waals surface area contributed by atoms with E-state index in [0.29, 0.717) is 5.91 Å². The molecule has 0 aromatic heterocycles. The van der Waals surface area contributed by atoms with Gasteiger partial charge in [-0.2, -0.15) is 0 Å². The van der Waals surface area contributed by atoms with Gasteiger partial charge in [0, 0.05) is 30.7 Å². The SMILES string of the molecule is O=C(C1CCN(Cc2ccccc2Br)C1)N1CCCCC1. The van der Waals surface area contributed by atoms with Crippen molar-refractivity contribution in [2.45, 2.75) is 32.2 Å². The summed E-state index contributed by atoms with van der Waals surface area (Å²) in [7, 11) is 0. The zero-order chi connectivity index (χ0) is 14.7. The molecule has 2 saturated heterocycles. The molecule has 2 heterocycles. The van der Waals surface area contributed by atoms with Crippen LogP contribution in [0.5, 0.6) is 0 Å². The highest BCUT2D eigenvalue weighted by Crippen LogP contribution is 2.24. The van der Waals surface area contributed by atoms with E-state index in [2.05, 4.69) is 43.9 Å². The molecule has 4 heteroatoms. The Balaban J connectivity index is 1.55. The van der Waals surface area contributed by atoms with Crippen molar-refractivity contribution in [3.63, 3.8) is 0 Å². The largest absolute Gasteiger partial charge is 0.342 e. The van der Waals surface area contributed by atoms with E-state index in [-0.39, 0.29) is 5.92 Å². The first kappa shape index (κ1) is 15.0. The molecule has 2 aliphatic rings. The van der Waals surface area contributed by atoms with Crippen LogP contribution < -0.4 is 0 Å². The molecule has 114 valence electrons. The molecule has 0 N–H and O–H groups in total. The molecule has 1 aromatic rings.